The first-order valence-corrected chi connectivity index (χ1v) is 9.99. The Labute approximate surface area is 161 Å². The molecule has 1 aliphatic heterocycles. The van der Waals surface area contributed by atoms with Crippen molar-refractivity contribution >= 4 is 23.2 Å². The number of hydrogen-bond donors (Lipinski definition) is 1. The van der Waals surface area contributed by atoms with E-state index in [2.05, 4.69) is 15.2 Å². The zero-order valence-corrected chi connectivity index (χ0v) is 15.7. The van der Waals surface area contributed by atoms with E-state index in [0.29, 0.717) is 55.0 Å². The van der Waals surface area contributed by atoms with E-state index in [-0.39, 0.29) is 17.6 Å². The number of piperazine rings is 1. The summed E-state index contributed by atoms with van der Waals surface area (Å²) in [5, 5.41) is 5.17. The van der Waals surface area contributed by atoms with Crippen LogP contribution in [0.2, 0.25) is 0 Å². The van der Waals surface area contributed by atoms with Gasteiger partial charge in [0.1, 0.15) is 16.5 Å². The van der Waals surface area contributed by atoms with E-state index < -0.39 is 0 Å². The number of halogens is 1. The van der Waals surface area contributed by atoms with Crippen molar-refractivity contribution in [2.45, 2.75) is 18.9 Å². The zero-order chi connectivity index (χ0) is 18.8. The summed E-state index contributed by atoms with van der Waals surface area (Å²) in [4.78, 5) is 32.7. The van der Waals surface area contributed by atoms with E-state index in [1.54, 1.807) is 28.5 Å². The van der Waals surface area contributed by atoms with Crippen LogP contribution < -0.4 is 5.32 Å². The molecular formula is C19H21FN4O2S. The maximum absolute atomic E-state index is 13.9. The fourth-order valence-electron chi connectivity index (χ4n) is 3.11. The Hall–Kier alpha value is -2.32. The standard InChI is InChI=1S/C19H21FN4O2S/c20-15-4-2-1-3-14(15)18-22-16(12-27-18)19(26)24-9-7-23(8-10-24)11-17(25)21-13-5-6-13/h1-4,12-13H,5-11H2,(H,21,25). The third kappa shape index (κ3) is 4.33. The summed E-state index contributed by atoms with van der Waals surface area (Å²) in [6, 6.07) is 6.79. The molecule has 2 aromatic rings. The monoisotopic (exact) mass is 388 g/mol. The van der Waals surface area contributed by atoms with Crippen LogP contribution in [0.5, 0.6) is 0 Å². The number of benzene rings is 1. The van der Waals surface area contributed by atoms with Crippen LogP contribution in [0.3, 0.4) is 0 Å². The third-order valence-electron chi connectivity index (χ3n) is 4.80. The van der Waals surface area contributed by atoms with Crippen molar-refractivity contribution in [3.63, 3.8) is 0 Å². The molecule has 1 saturated carbocycles. The lowest BCUT2D eigenvalue weighted by atomic mass is 10.2. The number of rotatable bonds is 5. The Bertz CT molecular complexity index is 844. The molecule has 142 valence electrons. The predicted octanol–water partition coefficient (Wildman–Crippen LogP) is 1.99. The Morgan fingerprint density at radius 3 is 2.63 bits per heavy atom. The van der Waals surface area contributed by atoms with Crippen molar-refractivity contribution < 1.29 is 14.0 Å². The molecule has 1 aromatic carbocycles. The number of nitrogens with zero attached hydrogens (tertiary/aromatic N) is 3. The summed E-state index contributed by atoms with van der Waals surface area (Å²) >= 11 is 1.27. The summed E-state index contributed by atoms with van der Waals surface area (Å²) in [6.07, 6.45) is 2.16. The van der Waals surface area contributed by atoms with Crippen molar-refractivity contribution in [3.8, 4) is 10.6 Å². The molecule has 0 atom stereocenters. The van der Waals surface area contributed by atoms with Gasteiger partial charge in [-0.1, -0.05) is 12.1 Å². The summed E-state index contributed by atoms with van der Waals surface area (Å²) in [5.74, 6) is -0.425. The van der Waals surface area contributed by atoms with Gasteiger partial charge in [-0.25, -0.2) is 9.37 Å². The van der Waals surface area contributed by atoms with Crippen molar-refractivity contribution in [2.24, 2.45) is 0 Å². The summed E-state index contributed by atoms with van der Waals surface area (Å²) in [7, 11) is 0. The van der Waals surface area contributed by atoms with Gasteiger partial charge in [-0.2, -0.15) is 0 Å². The highest BCUT2D eigenvalue weighted by Gasteiger charge is 2.27. The Morgan fingerprint density at radius 1 is 1.19 bits per heavy atom. The summed E-state index contributed by atoms with van der Waals surface area (Å²) in [5.41, 5.74) is 0.756. The molecule has 2 heterocycles. The van der Waals surface area contributed by atoms with Crippen LogP contribution in [0.25, 0.3) is 10.6 Å². The van der Waals surface area contributed by atoms with E-state index in [0.717, 1.165) is 12.8 Å². The largest absolute Gasteiger partial charge is 0.352 e. The molecule has 0 unspecified atom stereocenters. The summed E-state index contributed by atoms with van der Waals surface area (Å²) in [6.45, 7) is 2.82. The fraction of sp³-hybridized carbons (Fsp3) is 0.421. The quantitative estimate of drug-likeness (QED) is 0.851. The molecule has 6 nitrogen and oxygen atoms in total. The Morgan fingerprint density at radius 2 is 1.93 bits per heavy atom. The van der Waals surface area contributed by atoms with Gasteiger partial charge in [0.05, 0.1) is 6.54 Å². The van der Waals surface area contributed by atoms with Gasteiger partial charge in [-0.3, -0.25) is 14.5 Å². The van der Waals surface area contributed by atoms with E-state index >= 15 is 0 Å². The number of carbonyl (C=O) groups is 2. The molecular weight excluding hydrogens is 367 g/mol. The van der Waals surface area contributed by atoms with Gasteiger partial charge in [0, 0.05) is 43.2 Å². The van der Waals surface area contributed by atoms with Crippen molar-refractivity contribution in [1.29, 1.82) is 0 Å². The second kappa shape index (κ2) is 7.74. The molecule has 2 fully saturated rings. The Kier molecular flexibility index (Phi) is 5.18. The van der Waals surface area contributed by atoms with E-state index in [1.807, 2.05) is 0 Å². The number of thiazole rings is 1. The SMILES string of the molecule is O=C(CN1CCN(C(=O)c2csc(-c3ccccc3F)n2)CC1)NC1CC1. The molecule has 8 heteroatoms. The van der Waals surface area contributed by atoms with E-state index in [4.69, 9.17) is 0 Å². The molecule has 0 spiro atoms. The molecule has 2 aliphatic rings. The van der Waals surface area contributed by atoms with Crippen LogP contribution in [-0.2, 0) is 4.79 Å². The van der Waals surface area contributed by atoms with Gasteiger partial charge in [0.25, 0.3) is 5.91 Å². The van der Waals surface area contributed by atoms with Crippen LogP contribution in [0, 0.1) is 5.82 Å². The van der Waals surface area contributed by atoms with Gasteiger partial charge < -0.3 is 10.2 Å². The second-order valence-electron chi connectivity index (χ2n) is 6.93. The first kappa shape index (κ1) is 18.1. The molecule has 1 N–H and O–H groups in total. The second-order valence-corrected chi connectivity index (χ2v) is 7.79. The van der Waals surface area contributed by atoms with Crippen LogP contribution >= 0.6 is 11.3 Å². The van der Waals surface area contributed by atoms with Crippen LogP contribution in [0.4, 0.5) is 4.39 Å². The molecule has 1 aromatic heterocycles. The average Bonchev–Trinajstić information content (AvgIpc) is 3.34. The van der Waals surface area contributed by atoms with Gasteiger partial charge in [0.2, 0.25) is 5.91 Å². The lowest BCUT2D eigenvalue weighted by Crippen LogP contribution is -2.51. The van der Waals surface area contributed by atoms with Crippen LogP contribution in [0.15, 0.2) is 29.6 Å². The molecule has 2 amide bonds. The molecule has 1 saturated heterocycles. The summed E-state index contributed by atoms with van der Waals surface area (Å²) < 4.78 is 13.9. The number of nitrogens with one attached hydrogen (secondary N) is 1. The lowest BCUT2D eigenvalue weighted by molar-refractivity contribution is -0.122. The predicted molar refractivity (Wildman–Crippen MR) is 101 cm³/mol. The molecule has 1 aliphatic carbocycles. The van der Waals surface area contributed by atoms with Gasteiger partial charge in [-0.15, -0.1) is 11.3 Å². The number of carbonyl (C=O) groups excluding carboxylic acids is 2. The molecule has 0 bridgehead atoms. The first-order chi connectivity index (χ1) is 13.1. The maximum atomic E-state index is 13.9. The van der Waals surface area contributed by atoms with E-state index in [9.17, 15) is 14.0 Å². The fourth-order valence-corrected chi connectivity index (χ4v) is 3.93. The van der Waals surface area contributed by atoms with E-state index in [1.165, 1.54) is 17.4 Å². The Balaban J connectivity index is 1.33. The minimum Gasteiger partial charge on any atom is -0.352 e. The average molecular weight is 388 g/mol. The van der Waals surface area contributed by atoms with Crippen LogP contribution in [-0.4, -0.2) is 65.4 Å². The van der Waals surface area contributed by atoms with Crippen molar-refractivity contribution in [3.05, 3.63) is 41.2 Å². The normalized spacial score (nSPS) is 17.7. The first-order valence-electron chi connectivity index (χ1n) is 9.11. The maximum Gasteiger partial charge on any atom is 0.273 e. The number of aromatic nitrogens is 1. The third-order valence-corrected chi connectivity index (χ3v) is 5.67. The smallest absolute Gasteiger partial charge is 0.273 e. The minimum absolute atomic E-state index is 0.0614. The van der Waals surface area contributed by atoms with Crippen molar-refractivity contribution in [2.75, 3.05) is 32.7 Å². The molecule has 4 rings (SSSR count). The molecule has 27 heavy (non-hydrogen) atoms. The van der Waals surface area contributed by atoms with Crippen molar-refractivity contribution in [1.82, 2.24) is 20.1 Å². The topological polar surface area (TPSA) is 65.5 Å². The zero-order valence-electron chi connectivity index (χ0n) is 14.9. The highest BCUT2D eigenvalue weighted by molar-refractivity contribution is 7.13. The lowest BCUT2D eigenvalue weighted by Gasteiger charge is -2.33. The number of amides is 2. The van der Waals surface area contributed by atoms with Gasteiger partial charge in [-0.05, 0) is 25.0 Å². The minimum atomic E-state index is -0.344. The molecule has 0 radical (unpaired) electrons. The highest BCUT2D eigenvalue weighted by atomic mass is 32.1. The highest BCUT2D eigenvalue weighted by Crippen LogP contribution is 2.26. The van der Waals surface area contributed by atoms with Gasteiger partial charge in [0.15, 0.2) is 0 Å². The van der Waals surface area contributed by atoms with Crippen LogP contribution in [0.1, 0.15) is 23.3 Å². The van der Waals surface area contributed by atoms with Gasteiger partial charge >= 0.3 is 0 Å². The number of hydrogen-bond acceptors (Lipinski definition) is 5.